The number of rotatable bonds is 3. The zero-order valence-corrected chi connectivity index (χ0v) is 12.4. The van der Waals surface area contributed by atoms with Gasteiger partial charge in [0.2, 0.25) is 5.28 Å². The first kappa shape index (κ1) is 14.1. The lowest BCUT2D eigenvalue weighted by atomic mass is 9.98. The summed E-state index contributed by atoms with van der Waals surface area (Å²) < 4.78 is 5.45. The molecule has 0 saturated heterocycles. The molecule has 1 aliphatic heterocycles. The zero-order valence-electron chi connectivity index (χ0n) is 11.6. The van der Waals surface area contributed by atoms with E-state index in [2.05, 4.69) is 23.8 Å². The van der Waals surface area contributed by atoms with Crippen molar-refractivity contribution >= 4 is 23.5 Å². The van der Waals surface area contributed by atoms with E-state index in [-0.39, 0.29) is 11.4 Å². The highest BCUT2D eigenvalue weighted by molar-refractivity contribution is 6.28. The molecule has 1 amide bonds. The first-order valence-electron chi connectivity index (χ1n) is 6.35. The Labute approximate surface area is 117 Å². The van der Waals surface area contributed by atoms with Gasteiger partial charge in [0.15, 0.2) is 0 Å². The van der Waals surface area contributed by atoms with Gasteiger partial charge < -0.3 is 4.74 Å². The van der Waals surface area contributed by atoms with Crippen molar-refractivity contribution in [3.05, 3.63) is 17.0 Å². The summed E-state index contributed by atoms with van der Waals surface area (Å²) in [6.45, 7) is 8.41. The van der Waals surface area contributed by atoms with E-state index in [1.165, 1.54) is 4.90 Å². The first-order chi connectivity index (χ1) is 8.81. The molecule has 0 radical (unpaired) electrons. The van der Waals surface area contributed by atoms with Gasteiger partial charge in [-0.25, -0.2) is 9.78 Å². The lowest BCUT2D eigenvalue weighted by molar-refractivity contribution is 0.0340. The van der Waals surface area contributed by atoms with Crippen molar-refractivity contribution in [3.8, 4) is 0 Å². The van der Waals surface area contributed by atoms with E-state index in [0.29, 0.717) is 18.3 Å². The van der Waals surface area contributed by atoms with Crippen molar-refractivity contribution in [1.29, 1.82) is 0 Å². The monoisotopic (exact) mass is 283 g/mol. The second-order valence-corrected chi connectivity index (χ2v) is 5.93. The van der Waals surface area contributed by atoms with Crippen LogP contribution in [0, 0.1) is 5.92 Å². The molecule has 0 spiro atoms. The van der Waals surface area contributed by atoms with Gasteiger partial charge in [0.05, 0.1) is 5.56 Å². The molecule has 5 nitrogen and oxygen atoms in total. The largest absolute Gasteiger partial charge is 0.438 e. The summed E-state index contributed by atoms with van der Waals surface area (Å²) in [4.78, 5) is 21.8. The number of nitrogens with zero attached hydrogens (tertiary/aromatic N) is 3. The molecule has 19 heavy (non-hydrogen) atoms. The molecule has 1 aliphatic rings. The third-order valence-electron chi connectivity index (χ3n) is 3.14. The molecular formula is C13H18ClN3O2. The molecule has 0 aromatic carbocycles. The predicted octanol–water partition coefficient (Wildman–Crippen LogP) is 3.37. The van der Waals surface area contributed by atoms with Crippen molar-refractivity contribution in [3.63, 3.8) is 0 Å². The molecule has 2 heterocycles. The number of anilines is 1. The van der Waals surface area contributed by atoms with E-state index >= 15 is 0 Å². The van der Waals surface area contributed by atoms with Gasteiger partial charge in [-0.1, -0.05) is 13.8 Å². The Morgan fingerprint density at radius 2 is 2.16 bits per heavy atom. The Morgan fingerprint density at radius 3 is 2.79 bits per heavy atom. The van der Waals surface area contributed by atoms with Crippen LogP contribution in [0.2, 0.25) is 5.28 Å². The Hall–Kier alpha value is -1.36. The van der Waals surface area contributed by atoms with E-state index in [9.17, 15) is 4.79 Å². The average Bonchev–Trinajstić information content (AvgIpc) is 2.26. The van der Waals surface area contributed by atoms with Crippen LogP contribution in [0.25, 0.3) is 0 Å². The Bertz CT molecular complexity index is 503. The summed E-state index contributed by atoms with van der Waals surface area (Å²) in [6, 6.07) is 0. The zero-order chi connectivity index (χ0) is 14.2. The van der Waals surface area contributed by atoms with Crippen LogP contribution in [0.5, 0.6) is 0 Å². The van der Waals surface area contributed by atoms with Crippen LogP contribution in [-0.2, 0) is 10.3 Å². The van der Waals surface area contributed by atoms with Gasteiger partial charge in [0, 0.05) is 12.7 Å². The summed E-state index contributed by atoms with van der Waals surface area (Å²) in [5, 5.41) is 0.138. The van der Waals surface area contributed by atoms with Crippen LogP contribution in [0.1, 0.15) is 39.7 Å². The summed E-state index contributed by atoms with van der Waals surface area (Å²) in [7, 11) is 0. The minimum absolute atomic E-state index is 0.138. The van der Waals surface area contributed by atoms with Crippen LogP contribution < -0.4 is 4.90 Å². The standard InChI is InChI=1S/C13H18ClN3O2/c1-8(2)5-6-17-10-9(7-15-11(14)16-10)13(3,4)19-12(17)18/h7-8H,5-6H2,1-4H3. The molecule has 0 unspecified atom stereocenters. The fraction of sp³-hybridized carbons (Fsp3) is 0.615. The van der Waals surface area contributed by atoms with Gasteiger partial charge in [-0.05, 0) is 37.8 Å². The molecule has 1 aromatic heterocycles. The quantitative estimate of drug-likeness (QED) is 0.798. The number of carbonyl (C=O) groups is 1. The number of hydrogen-bond donors (Lipinski definition) is 0. The molecule has 0 N–H and O–H groups in total. The van der Waals surface area contributed by atoms with Crippen LogP contribution in [0.15, 0.2) is 6.20 Å². The molecule has 0 aliphatic carbocycles. The molecular weight excluding hydrogens is 266 g/mol. The molecule has 1 aromatic rings. The van der Waals surface area contributed by atoms with Crippen molar-refractivity contribution in [2.45, 2.75) is 39.7 Å². The van der Waals surface area contributed by atoms with Gasteiger partial charge in [-0.2, -0.15) is 4.98 Å². The fourth-order valence-electron chi connectivity index (χ4n) is 1.98. The third-order valence-corrected chi connectivity index (χ3v) is 3.32. The van der Waals surface area contributed by atoms with Crippen molar-refractivity contribution in [1.82, 2.24) is 9.97 Å². The first-order valence-corrected chi connectivity index (χ1v) is 6.72. The Balaban J connectivity index is 2.40. The van der Waals surface area contributed by atoms with Crippen molar-refractivity contribution < 1.29 is 9.53 Å². The number of carbonyl (C=O) groups excluding carboxylic acids is 1. The molecule has 0 fully saturated rings. The maximum absolute atomic E-state index is 12.1. The summed E-state index contributed by atoms with van der Waals surface area (Å²) in [5.74, 6) is 1.05. The number of halogens is 1. The SMILES string of the molecule is CC(C)CCN1C(=O)OC(C)(C)c2cnc(Cl)nc21. The Kier molecular flexibility index (Phi) is 3.67. The number of cyclic esters (lactones) is 1. The topological polar surface area (TPSA) is 55.3 Å². The van der Waals surface area contributed by atoms with E-state index in [1.807, 2.05) is 13.8 Å². The number of hydrogen-bond acceptors (Lipinski definition) is 4. The number of aromatic nitrogens is 2. The molecule has 0 bridgehead atoms. The van der Waals surface area contributed by atoms with E-state index in [0.717, 1.165) is 12.0 Å². The summed E-state index contributed by atoms with van der Waals surface area (Å²) in [5.41, 5.74) is 0.0472. The molecule has 6 heteroatoms. The highest BCUT2D eigenvalue weighted by atomic mass is 35.5. The molecule has 0 atom stereocenters. The smallest absolute Gasteiger partial charge is 0.416 e. The molecule has 104 valence electrons. The van der Waals surface area contributed by atoms with Gasteiger partial charge in [-0.3, -0.25) is 4.90 Å². The normalized spacial score (nSPS) is 17.4. The molecule has 2 rings (SSSR count). The van der Waals surface area contributed by atoms with Crippen molar-refractivity contribution in [2.75, 3.05) is 11.4 Å². The predicted molar refractivity (Wildman–Crippen MR) is 73.4 cm³/mol. The summed E-state index contributed by atoms with van der Waals surface area (Å²) >= 11 is 5.84. The van der Waals surface area contributed by atoms with Crippen molar-refractivity contribution in [2.24, 2.45) is 5.92 Å². The van der Waals surface area contributed by atoms with Gasteiger partial charge in [-0.15, -0.1) is 0 Å². The van der Waals surface area contributed by atoms with Gasteiger partial charge in [0.1, 0.15) is 11.4 Å². The lowest BCUT2D eigenvalue weighted by Crippen LogP contribution is -2.44. The van der Waals surface area contributed by atoms with Gasteiger partial charge >= 0.3 is 6.09 Å². The van der Waals surface area contributed by atoms with E-state index in [1.54, 1.807) is 6.20 Å². The van der Waals surface area contributed by atoms with E-state index in [4.69, 9.17) is 16.3 Å². The minimum Gasteiger partial charge on any atom is -0.438 e. The Morgan fingerprint density at radius 1 is 1.47 bits per heavy atom. The number of ether oxygens (including phenoxy) is 1. The number of amides is 1. The van der Waals surface area contributed by atoms with E-state index < -0.39 is 5.60 Å². The third kappa shape index (κ3) is 2.81. The summed E-state index contributed by atoms with van der Waals surface area (Å²) in [6.07, 6.45) is 2.11. The second-order valence-electron chi connectivity index (χ2n) is 5.59. The number of fused-ring (bicyclic) bond motifs is 1. The lowest BCUT2D eigenvalue weighted by Gasteiger charge is -2.37. The van der Waals surface area contributed by atoms with Crippen LogP contribution in [-0.4, -0.2) is 22.6 Å². The fourth-order valence-corrected chi connectivity index (χ4v) is 2.11. The van der Waals surface area contributed by atoms with Crippen LogP contribution in [0.4, 0.5) is 10.6 Å². The van der Waals surface area contributed by atoms with Crippen LogP contribution in [0.3, 0.4) is 0 Å². The maximum atomic E-state index is 12.1. The van der Waals surface area contributed by atoms with Crippen LogP contribution >= 0.6 is 11.6 Å². The highest BCUT2D eigenvalue weighted by Gasteiger charge is 2.39. The maximum Gasteiger partial charge on any atom is 0.416 e. The second kappa shape index (κ2) is 4.96. The average molecular weight is 284 g/mol. The molecule has 0 saturated carbocycles. The van der Waals surface area contributed by atoms with Gasteiger partial charge in [0.25, 0.3) is 0 Å². The minimum atomic E-state index is -0.731. The highest BCUT2D eigenvalue weighted by Crippen LogP contribution is 2.37.